The number of carbonyl (C=O) groups is 3. The second kappa shape index (κ2) is 2.60. The number of hydrogen-bond donors (Lipinski definition) is 0. The van der Waals surface area contributed by atoms with Gasteiger partial charge < -0.3 is 0 Å². The van der Waals surface area contributed by atoms with Crippen LogP contribution < -0.4 is 0 Å². The van der Waals surface area contributed by atoms with Crippen LogP contribution in [0.5, 0.6) is 0 Å². The summed E-state index contributed by atoms with van der Waals surface area (Å²) in [5, 5.41) is 1.38. The van der Waals surface area contributed by atoms with E-state index in [2.05, 4.69) is 0 Å². The molecule has 0 aromatic rings. The molecule has 3 nitrogen and oxygen atoms in total. The van der Waals surface area contributed by atoms with E-state index in [1.807, 2.05) is 0 Å². The Balaban J connectivity index is 5.46. The first-order chi connectivity index (χ1) is 4.21. The van der Waals surface area contributed by atoms with E-state index in [0.717, 1.165) is 0 Å². The van der Waals surface area contributed by atoms with Crippen molar-refractivity contribution in [2.24, 2.45) is 0 Å². The van der Waals surface area contributed by atoms with Crippen molar-refractivity contribution in [1.82, 2.24) is 0 Å². The minimum absolute atomic E-state index is 0.460. The third-order valence-corrected chi connectivity index (χ3v) is 9.03. The summed E-state index contributed by atoms with van der Waals surface area (Å²) in [6.07, 6.45) is 0. The molecule has 0 saturated carbocycles. The van der Waals surface area contributed by atoms with Crippen molar-refractivity contribution in [2.75, 3.05) is 0 Å². The van der Waals surface area contributed by atoms with Crippen LogP contribution in [0.25, 0.3) is 0 Å². The summed E-state index contributed by atoms with van der Waals surface area (Å²) in [5.41, 5.74) is 0. The molecule has 62 valence electrons. The molecule has 0 aliphatic rings. The summed E-state index contributed by atoms with van der Waals surface area (Å²) < 4.78 is -4.01. The first-order valence-corrected chi connectivity index (χ1v) is 14.3. The molecule has 0 atom stereocenters. The van der Waals surface area contributed by atoms with Crippen LogP contribution in [0.15, 0.2) is 0 Å². The van der Waals surface area contributed by atoms with Gasteiger partial charge in [0.15, 0.2) is 0 Å². The molecule has 0 heterocycles. The van der Waals surface area contributed by atoms with Gasteiger partial charge in [-0.15, -0.1) is 0 Å². The molecule has 0 fully saturated rings. The zero-order chi connectivity index (χ0) is 8.53. The molecule has 0 aliphatic carbocycles. The molecule has 0 rings (SSSR count). The molecule has 0 spiro atoms. The van der Waals surface area contributed by atoms with Crippen molar-refractivity contribution in [2.45, 2.75) is 0 Å². The van der Waals surface area contributed by atoms with Gasteiger partial charge in [0.2, 0.25) is 0 Å². The van der Waals surface area contributed by atoms with Gasteiger partial charge in [-0.3, -0.25) is 0 Å². The topological polar surface area (TPSA) is 51.2 Å². The Kier molecular flexibility index (Phi) is 3.05. The van der Waals surface area contributed by atoms with Gasteiger partial charge in [-0.1, -0.05) is 0 Å². The van der Waals surface area contributed by atoms with Crippen LogP contribution >= 0.6 is 61.0 Å². The van der Waals surface area contributed by atoms with E-state index in [1.54, 1.807) is 61.0 Å². The SMILES string of the molecule is O=[CH][Fe]([I])([I])([I])([CH]=O)[CH]=O. The predicted molar refractivity (Wildman–Crippen MR) is 62.3 cm³/mol. The van der Waals surface area contributed by atoms with Crippen LogP contribution in [-0.2, 0) is 15.4 Å². The molecule has 0 bridgehead atoms. The number of rotatable bonds is 3. The van der Waals surface area contributed by atoms with Crippen molar-refractivity contribution in [3.05, 3.63) is 0 Å². The first-order valence-electron chi connectivity index (χ1n) is 1.72. The molecule has 0 saturated heterocycles. The number of halogens is 3. The van der Waals surface area contributed by atoms with E-state index in [4.69, 9.17) is 0 Å². The third-order valence-electron chi connectivity index (χ3n) is 0.572. The maximum absolute atomic E-state index is 10.5. The van der Waals surface area contributed by atoms with E-state index in [9.17, 15) is 14.4 Å². The van der Waals surface area contributed by atoms with Gasteiger partial charge in [0.1, 0.15) is 0 Å². The van der Waals surface area contributed by atoms with Crippen LogP contribution in [0.3, 0.4) is 0 Å². The Bertz CT molecular complexity index is 181. The first kappa shape index (κ1) is 11.7. The molecule has 0 aromatic heterocycles. The van der Waals surface area contributed by atoms with Crippen LogP contribution in [0.2, 0.25) is 0 Å². The van der Waals surface area contributed by atoms with Crippen molar-refractivity contribution in [1.29, 1.82) is 0 Å². The van der Waals surface area contributed by atoms with Gasteiger partial charge in [0.25, 0.3) is 0 Å². The molecular formula is C3H3FeI3O3. The van der Waals surface area contributed by atoms with Crippen molar-refractivity contribution >= 4 is 76.6 Å². The Hall–Kier alpha value is 1.72. The molecule has 10 heavy (non-hydrogen) atoms. The summed E-state index contributed by atoms with van der Waals surface area (Å²) >= 11 is 4.95. The Labute approximate surface area is 90.2 Å². The van der Waals surface area contributed by atoms with Crippen LogP contribution in [-0.4, -0.2) is 15.6 Å². The van der Waals surface area contributed by atoms with E-state index < -0.39 is 0.984 Å². The second-order valence-corrected chi connectivity index (χ2v) is 49.8. The van der Waals surface area contributed by atoms with Gasteiger partial charge in [0, 0.05) is 0 Å². The fraction of sp³-hybridized carbons (Fsp3) is 0. The van der Waals surface area contributed by atoms with Crippen molar-refractivity contribution in [3.63, 3.8) is 0 Å². The zero-order valence-electron chi connectivity index (χ0n) is 4.44. The summed E-state index contributed by atoms with van der Waals surface area (Å²) in [6, 6.07) is 0. The molecule has 7 heteroatoms. The van der Waals surface area contributed by atoms with E-state index >= 15 is 0 Å². The average molecular weight is 524 g/mol. The number of hydrogen-bond acceptors (Lipinski definition) is 3. The Morgan fingerprint density at radius 1 is 0.800 bits per heavy atom. The van der Waals surface area contributed by atoms with Gasteiger partial charge in [-0.05, 0) is 0 Å². The minimum atomic E-state index is -4.01. The van der Waals surface area contributed by atoms with Gasteiger partial charge in [-0.2, -0.15) is 0 Å². The van der Waals surface area contributed by atoms with Gasteiger partial charge >= 0.3 is 92.0 Å². The summed E-state index contributed by atoms with van der Waals surface area (Å²) in [5.74, 6) is 0. The Morgan fingerprint density at radius 3 is 1.00 bits per heavy atom. The third kappa shape index (κ3) is 2.64. The normalized spacial score (nSPS) is 18.3. The molecule has 0 amide bonds. The molecule has 0 aliphatic heterocycles. The fourth-order valence-electron chi connectivity index (χ4n) is 0.0589. The van der Waals surface area contributed by atoms with Gasteiger partial charge in [0.05, 0.1) is 0 Å². The molecule has 0 radical (unpaired) electrons. The van der Waals surface area contributed by atoms with E-state index in [-0.39, 0.29) is 0 Å². The summed E-state index contributed by atoms with van der Waals surface area (Å²) in [7, 11) is 0. The molecule has 0 unspecified atom stereocenters. The quantitative estimate of drug-likeness (QED) is 0.322. The fourth-order valence-corrected chi connectivity index (χ4v) is 0.243. The van der Waals surface area contributed by atoms with Crippen molar-refractivity contribution < 1.29 is 15.4 Å². The predicted octanol–water partition coefficient (Wildman–Crippen LogP) is 1.83. The molecule has 0 aromatic carbocycles. The standard InChI is InChI=1S/3CHO.Fe.3HI/c3*1-2;;;;/h3*1H;;3*1H/q;;;+3;;;/p-3. The maximum atomic E-state index is 10.5. The van der Waals surface area contributed by atoms with E-state index in [0.29, 0.717) is 15.6 Å². The monoisotopic (exact) mass is 524 g/mol. The van der Waals surface area contributed by atoms with E-state index in [1.165, 1.54) is 0 Å². The summed E-state index contributed by atoms with van der Waals surface area (Å²) in [6.45, 7) is 0. The Morgan fingerprint density at radius 2 is 1.00 bits per heavy atom. The molecular weight excluding hydrogens is 521 g/mol. The average Bonchev–Trinajstić information content (AvgIpc) is 1.90. The molecule has 0 N–H and O–H groups in total. The summed E-state index contributed by atoms with van der Waals surface area (Å²) in [4.78, 5) is 31.5. The van der Waals surface area contributed by atoms with Crippen LogP contribution in [0.1, 0.15) is 0 Å². The van der Waals surface area contributed by atoms with Crippen LogP contribution in [0.4, 0.5) is 0 Å². The van der Waals surface area contributed by atoms with Gasteiger partial charge in [-0.25, -0.2) is 0 Å². The van der Waals surface area contributed by atoms with Crippen molar-refractivity contribution in [3.8, 4) is 0 Å². The van der Waals surface area contributed by atoms with Crippen LogP contribution in [0, 0.1) is 0 Å². The number of carbonyl (C=O) groups excluding carboxylic acids is 3. The second-order valence-electron chi connectivity index (χ2n) is 1.45. The zero-order valence-corrected chi connectivity index (χ0v) is 12.0.